The van der Waals surface area contributed by atoms with Crippen LogP contribution in [0, 0.1) is 11.6 Å². The quantitative estimate of drug-likeness (QED) is 0.775. The predicted molar refractivity (Wildman–Crippen MR) is 90.7 cm³/mol. The van der Waals surface area contributed by atoms with Crippen molar-refractivity contribution in [2.45, 2.75) is 18.4 Å². The molecule has 2 atom stereocenters. The second-order valence-corrected chi connectivity index (χ2v) is 6.83. The second-order valence-electron chi connectivity index (χ2n) is 5.92. The van der Waals surface area contributed by atoms with Crippen molar-refractivity contribution in [2.75, 3.05) is 13.1 Å². The number of primary amides is 1. The number of piperidine rings is 1. The fraction of sp³-hybridized carbons (Fsp3) is 0.294. The summed E-state index contributed by atoms with van der Waals surface area (Å²) in [6.07, 6.45) is 0.687. The number of hydrogen-bond donors (Lipinski definition) is 3. The average molecular weight is 365 g/mol. The molecule has 1 fully saturated rings. The van der Waals surface area contributed by atoms with Crippen molar-refractivity contribution in [1.82, 2.24) is 10.6 Å². The van der Waals surface area contributed by atoms with Gasteiger partial charge in [0.15, 0.2) is 11.6 Å². The number of nitrogens with one attached hydrogen (secondary N) is 2. The van der Waals surface area contributed by atoms with Crippen molar-refractivity contribution < 1.29 is 18.4 Å². The second kappa shape index (κ2) is 7.28. The maximum atomic E-state index is 13.5. The number of hydrogen-bond acceptors (Lipinski definition) is 4. The first-order valence-corrected chi connectivity index (χ1v) is 8.68. The molecule has 2 heterocycles. The molecule has 8 heteroatoms. The SMILES string of the molecule is NC(=O)c1csc(C(=O)NC2CNCCC2c2ccc(F)c(F)c2)c1. The van der Waals surface area contributed by atoms with E-state index in [0.29, 0.717) is 23.4 Å². The van der Waals surface area contributed by atoms with Gasteiger partial charge in [0.05, 0.1) is 10.4 Å². The Morgan fingerprint density at radius 1 is 1.24 bits per heavy atom. The largest absolute Gasteiger partial charge is 0.366 e. The predicted octanol–water partition coefficient (Wildman–Crippen LogP) is 2.00. The normalized spacial score (nSPS) is 20.2. The molecule has 2 aromatic rings. The van der Waals surface area contributed by atoms with Gasteiger partial charge in [0.2, 0.25) is 5.91 Å². The Bertz CT molecular complexity index is 809. The highest BCUT2D eigenvalue weighted by Gasteiger charge is 2.29. The highest BCUT2D eigenvalue weighted by molar-refractivity contribution is 7.12. The fourth-order valence-electron chi connectivity index (χ4n) is 2.98. The van der Waals surface area contributed by atoms with E-state index in [1.165, 1.54) is 17.5 Å². The van der Waals surface area contributed by atoms with E-state index in [2.05, 4.69) is 10.6 Å². The van der Waals surface area contributed by atoms with E-state index in [-0.39, 0.29) is 23.4 Å². The van der Waals surface area contributed by atoms with E-state index in [1.807, 2.05) is 0 Å². The Labute approximate surface area is 147 Å². The minimum absolute atomic E-state index is 0.129. The summed E-state index contributed by atoms with van der Waals surface area (Å²) in [5.74, 6) is -2.83. The third-order valence-electron chi connectivity index (χ3n) is 4.28. The highest BCUT2D eigenvalue weighted by atomic mass is 32.1. The lowest BCUT2D eigenvalue weighted by Crippen LogP contribution is -2.49. The van der Waals surface area contributed by atoms with Crippen LogP contribution in [0.4, 0.5) is 8.78 Å². The van der Waals surface area contributed by atoms with Crippen molar-refractivity contribution in [3.05, 3.63) is 57.3 Å². The molecule has 1 saturated heterocycles. The number of amides is 2. The Morgan fingerprint density at radius 3 is 2.72 bits per heavy atom. The maximum absolute atomic E-state index is 13.5. The van der Waals surface area contributed by atoms with E-state index < -0.39 is 17.5 Å². The van der Waals surface area contributed by atoms with Crippen LogP contribution in [0.15, 0.2) is 29.6 Å². The minimum Gasteiger partial charge on any atom is -0.366 e. The summed E-state index contributed by atoms with van der Waals surface area (Å²) in [6.45, 7) is 1.24. The lowest BCUT2D eigenvalue weighted by molar-refractivity contribution is 0.0928. The van der Waals surface area contributed by atoms with Gasteiger partial charge in [-0.15, -0.1) is 11.3 Å². The Kier molecular flexibility index (Phi) is 5.10. The number of thiophene rings is 1. The van der Waals surface area contributed by atoms with Crippen molar-refractivity contribution in [3.63, 3.8) is 0 Å². The van der Waals surface area contributed by atoms with Crippen LogP contribution < -0.4 is 16.4 Å². The number of benzene rings is 1. The molecule has 4 N–H and O–H groups in total. The molecule has 0 saturated carbocycles. The van der Waals surface area contributed by atoms with Crippen LogP contribution in [0.25, 0.3) is 0 Å². The summed E-state index contributed by atoms with van der Waals surface area (Å²) >= 11 is 1.13. The van der Waals surface area contributed by atoms with Gasteiger partial charge in [0, 0.05) is 23.9 Å². The van der Waals surface area contributed by atoms with Crippen molar-refractivity contribution in [3.8, 4) is 0 Å². The molecule has 1 aliphatic heterocycles. The molecule has 1 aromatic heterocycles. The summed E-state index contributed by atoms with van der Waals surface area (Å²) in [5, 5.41) is 7.63. The molecule has 0 bridgehead atoms. The number of carbonyl (C=O) groups excluding carboxylic acids is 2. The van der Waals surface area contributed by atoms with Gasteiger partial charge in [-0.3, -0.25) is 9.59 Å². The van der Waals surface area contributed by atoms with Gasteiger partial charge in [-0.2, -0.15) is 0 Å². The number of halogens is 2. The Balaban J connectivity index is 1.77. The van der Waals surface area contributed by atoms with Crippen LogP contribution in [0.5, 0.6) is 0 Å². The van der Waals surface area contributed by atoms with Gasteiger partial charge in [-0.1, -0.05) is 6.07 Å². The lowest BCUT2D eigenvalue weighted by Gasteiger charge is -2.33. The van der Waals surface area contributed by atoms with Crippen LogP contribution >= 0.6 is 11.3 Å². The molecular weight excluding hydrogens is 348 g/mol. The van der Waals surface area contributed by atoms with Crippen LogP contribution in [0.3, 0.4) is 0 Å². The molecule has 1 aromatic carbocycles. The Morgan fingerprint density at radius 2 is 2.04 bits per heavy atom. The molecule has 1 aliphatic rings. The van der Waals surface area contributed by atoms with Crippen LogP contribution in [0.1, 0.15) is 37.9 Å². The molecule has 5 nitrogen and oxygen atoms in total. The summed E-state index contributed by atoms with van der Waals surface area (Å²) < 4.78 is 26.7. The lowest BCUT2D eigenvalue weighted by atomic mass is 9.86. The van der Waals surface area contributed by atoms with Crippen molar-refractivity contribution in [1.29, 1.82) is 0 Å². The van der Waals surface area contributed by atoms with E-state index in [0.717, 1.165) is 23.9 Å². The topological polar surface area (TPSA) is 84.2 Å². The molecule has 25 heavy (non-hydrogen) atoms. The number of carbonyl (C=O) groups is 2. The third-order valence-corrected chi connectivity index (χ3v) is 5.21. The Hall–Kier alpha value is -2.32. The molecule has 2 unspecified atom stereocenters. The summed E-state index contributed by atoms with van der Waals surface area (Å²) in [5.41, 5.74) is 6.13. The van der Waals surface area contributed by atoms with Crippen LogP contribution in [-0.2, 0) is 0 Å². The van der Waals surface area contributed by atoms with Gasteiger partial charge >= 0.3 is 0 Å². The number of rotatable bonds is 4. The fourth-order valence-corrected chi connectivity index (χ4v) is 3.78. The first kappa shape index (κ1) is 17.5. The van der Waals surface area contributed by atoms with Crippen LogP contribution in [0.2, 0.25) is 0 Å². The zero-order chi connectivity index (χ0) is 18.0. The maximum Gasteiger partial charge on any atom is 0.261 e. The molecule has 0 radical (unpaired) electrons. The van der Waals surface area contributed by atoms with Gasteiger partial charge < -0.3 is 16.4 Å². The minimum atomic E-state index is -0.898. The molecule has 3 rings (SSSR count). The third kappa shape index (κ3) is 3.85. The van der Waals surface area contributed by atoms with Crippen LogP contribution in [-0.4, -0.2) is 30.9 Å². The first-order valence-electron chi connectivity index (χ1n) is 7.80. The summed E-state index contributed by atoms with van der Waals surface area (Å²) in [4.78, 5) is 24.0. The zero-order valence-electron chi connectivity index (χ0n) is 13.2. The first-order chi connectivity index (χ1) is 12.0. The molecule has 0 aliphatic carbocycles. The molecule has 132 valence electrons. The zero-order valence-corrected chi connectivity index (χ0v) is 14.0. The molecule has 0 spiro atoms. The van der Waals surface area contributed by atoms with E-state index in [4.69, 9.17) is 5.73 Å². The average Bonchev–Trinajstić information content (AvgIpc) is 3.08. The number of nitrogens with two attached hydrogens (primary N) is 1. The molecular formula is C17H17F2N3O2S. The molecule has 2 amide bonds. The monoisotopic (exact) mass is 365 g/mol. The van der Waals surface area contributed by atoms with E-state index in [9.17, 15) is 18.4 Å². The summed E-state index contributed by atoms with van der Waals surface area (Å²) in [6, 6.07) is 5.00. The van der Waals surface area contributed by atoms with E-state index in [1.54, 1.807) is 6.07 Å². The van der Waals surface area contributed by atoms with Crippen molar-refractivity contribution in [2.24, 2.45) is 5.73 Å². The van der Waals surface area contributed by atoms with Gasteiger partial charge in [0.1, 0.15) is 0 Å². The summed E-state index contributed by atoms with van der Waals surface area (Å²) in [7, 11) is 0. The van der Waals surface area contributed by atoms with Gasteiger partial charge in [-0.25, -0.2) is 8.78 Å². The standard InChI is InChI=1S/C17H17F2N3O2S/c18-12-2-1-9(5-13(12)19)11-3-4-21-7-14(11)22-17(24)15-6-10(8-25-15)16(20)23/h1-2,5-6,8,11,14,21H,3-4,7H2,(H2,20,23)(H,22,24). The van der Waals surface area contributed by atoms with Crippen molar-refractivity contribution >= 4 is 23.2 Å². The van der Waals surface area contributed by atoms with E-state index >= 15 is 0 Å². The van der Waals surface area contributed by atoms with Gasteiger partial charge in [0.25, 0.3) is 5.91 Å². The van der Waals surface area contributed by atoms with Gasteiger partial charge in [-0.05, 0) is 36.7 Å². The smallest absolute Gasteiger partial charge is 0.261 e. The highest BCUT2D eigenvalue weighted by Crippen LogP contribution is 2.27.